The summed E-state index contributed by atoms with van der Waals surface area (Å²) in [7, 11) is 0. The third kappa shape index (κ3) is 3.83. The minimum Gasteiger partial charge on any atom is -0.491 e. The summed E-state index contributed by atoms with van der Waals surface area (Å²) in [6.07, 6.45) is 0.746. The Labute approximate surface area is 151 Å². The van der Waals surface area contributed by atoms with Crippen molar-refractivity contribution in [3.8, 4) is 5.75 Å². The van der Waals surface area contributed by atoms with Crippen LogP contribution in [0.2, 0.25) is 0 Å². The van der Waals surface area contributed by atoms with E-state index >= 15 is 0 Å². The number of nitrogens with two attached hydrogens (primary N) is 1. The first-order valence-electron chi connectivity index (χ1n) is 8.57. The maximum atomic E-state index is 11.0. The van der Waals surface area contributed by atoms with Gasteiger partial charge in [-0.05, 0) is 37.6 Å². The molecule has 1 aromatic heterocycles. The molecule has 3 rings (SSSR count). The van der Waals surface area contributed by atoms with Crippen molar-refractivity contribution in [2.45, 2.75) is 32.9 Å². The van der Waals surface area contributed by atoms with Crippen LogP contribution in [-0.4, -0.2) is 27.1 Å². The highest BCUT2D eigenvalue weighted by atomic mass is 16.6. The number of hydrogen-bond acceptors (Lipinski definition) is 5. The third-order valence-electron chi connectivity index (χ3n) is 4.03. The van der Waals surface area contributed by atoms with Gasteiger partial charge < -0.3 is 15.0 Å². The molecule has 7 heteroatoms. The minimum atomic E-state index is -0.408. The van der Waals surface area contributed by atoms with E-state index in [-0.39, 0.29) is 11.8 Å². The summed E-state index contributed by atoms with van der Waals surface area (Å²) in [5, 5.41) is 11.0. The molecule has 2 aromatic carbocycles. The molecule has 0 amide bonds. The minimum absolute atomic E-state index is 0.0386. The SMILES string of the molecule is CC(C)Oc1ccc(Cc2nc3cc([N+](=O)[O-])ccc3n2CCN)cc1. The molecule has 26 heavy (non-hydrogen) atoms. The molecule has 0 saturated heterocycles. The lowest BCUT2D eigenvalue weighted by atomic mass is 10.1. The van der Waals surface area contributed by atoms with Crippen LogP contribution in [0.3, 0.4) is 0 Å². The molecular weight excluding hydrogens is 332 g/mol. The largest absolute Gasteiger partial charge is 0.491 e. The van der Waals surface area contributed by atoms with E-state index in [4.69, 9.17) is 10.5 Å². The van der Waals surface area contributed by atoms with Gasteiger partial charge >= 0.3 is 0 Å². The average molecular weight is 354 g/mol. The predicted molar refractivity (Wildman–Crippen MR) is 100 cm³/mol. The summed E-state index contributed by atoms with van der Waals surface area (Å²) in [5.74, 6) is 1.67. The molecule has 0 radical (unpaired) electrons. The number of nitro groups is 1. The zero-order chi connectivity index (χ0) is 18.7. The van der Waals surface area contributed by atoms with Gasteiger partial charge in [-0.2, -0.15) is 0 Å². The van der Waals surface area contributed by atoms with Crippen molar-refractivity contribution in [3.05, 3.63) is 64.0 Å². The van der Waals surface area contributed by atoms with E-state index in [2.05, 4.69) is 4.98 Å². The number of rotatable bonds is 7. The van der Waals surface area contributed by atoms with E-state index in [1.54, 1.807) is 6.07 Å². The quantitative estimate of drug-likeness (QED) is 0.519. The van der Waals surface area contributed by atoms with Crippen LogP contribution < -0.4 is 10.5 Å². The van der Waals surface area contributed by atoms with Crippen molar-refractivity contribution < 1.29 is 9.66 Å². The number of non-ortho nitro benzene ring substituents is 1. The van der Waals surface area contributed by atoms with Crippen molar-refractivity contribution in [1.29, 1.82) is 0 Å². The summed E-state index contributed by atoms with van der Waals surface area (Å²) in [5.41, 5.74) is 8.34. The highest BCUT2D eigenvalue weighted by Crippen LogP contribution is 2.24. The summed E-state index contributed by atoms with van der Waals surface area (Å²) in [6.45, 7) is 5.05. The van der Waals surface area contributed by atoms with Gasteiger partial charge in [0.1, 0.15) is 11.6 Å². The van der Waals surface area contributed by atoms with Crippen LogP contribution in [0.1, 0.15) is 25.2 Å². The number of nitrogens with zero attached hydrogens (tertiary/aromatic N) is 3. The number of nitro benzene ring substituents is 1. The molecule has 0 aliphatic carbocycles. The van der Waals surface area contributed by atoms with Gasteiger partial charge in [0.15, 0.2) is 0 Å². The Bertz CT molecular complexity index is 916. The van der Waals surface area contributed by atoms with E-state index in [0.29, 0.717) is 25.0 Å². The van der Waals surface area contributed by atoms with Gasteiger partial charge in [0.2, 0.25) is 0 Å². The molecule has 0 atom stereocenters. The standard InChI is InChI=1S/C19H22N4O3/c1-13(2)26-16-6-3-14(4-7-16)11-19-21-17-12-15(23(24)25)5-8-18(17)22(19)10-9-20/h3-8,12-13H,9-11,20H2,1-2H3. The van der Waals surface area contributed by atoms with Gasteiger partial charge in [-0.15, -0.1) is 0 Å². The van der Waals surface area contributed by atoms with Crippen molar-refractivity contribution in [3.63, 3.8) is 0 Å². The highest BCUT2D eigenvalue weighted by molar-refractivity contribution is 5.78. The van der Waals surface area contributed by atoms with Gasteiger partial charge in [0, 0.05) is 31.6 Å². The van der Waals surface area contributed by atoms with Crippen LogP contribution >= 0.6 is 0 Å². The Morgan fingerprint density at radius 1 is 1.23 bits per heavy atom. The van der Waals surface area contributed by atoms with Crippen LogP contribution in [0.15, 0.2) is 42.5 Å². The van der Waals surface area contributed by atoms with Crippen LogP contribution in [0.5, 0.6) is 5.75 Å². The molecule has 2 N–H and O–H groups in total. The number of hydrogen-bond donors (Lipinski definition) is 1. The second kappa shape index (κ2) is 7.53. The fourth-order valence-corrected chi connectivity index (χ4v) is 2.94. The third-order valence-corrected chi connectivity index (χ3v) is 4.03. The van der Waals surface area contributed by atoms with Crippen molar-refractivity contribution in [2.75, 3.05) is 6.54 Å². The summed E-state index contributed by atoms with van der Waals surface area (Å²) in [6, 6.07) is 12.6. The highest BCUT2D eigenvalue weighted by Gasteiger charge is 2.14. The van der Waals surface area contributed by atoms with Crippen LogP contribution in [0.25, 0.3) is 11.0 Å². The average Bonchev–Trinajstić information content (AvgIpc) is 2.93. The van der Waals surface area contributed by atoms with Crippen LogP contribution in [-0.2, 0) is 13.0 Å². The molecular formula is C19H22N4O3. The van der Waals surface area contributed by atoms with E-state index in [9.17, 15) is 10.1 Å². The van der Waals surface area contributed by atoms with Crippen molar-refractivity contribution in [2.24, 2.45) is 5.73 Å². The first-order valence-corrected chi connectivity index (χ1v) is 8.57. The van der Waals surface area contributed by atoms with Gasteiger partial charge in [-0.1, -0.05) is 12.1 Å². The smallest absolute Gasteiger partial charge is 0.271 e. The summed E-state index contributed by atoms with van der Waals surface area (Å²) >= 11 is 0. The van der Waals surface area contributed by atoms with Gasteiger partial charge in [-0.3, -0.25) is 10.1 Å². The lowest BCUT2D eigenvalue weighted by Gasteiger charge is -2.11. The molecule has 0 aliphatic heterocycles. The zero-order valence-corrected chi connectivity index (χ0v) is 14.9. The molecule has 0 aliphatic rings. The Kier molecular flexibility index (Phi) is 5.18. The number of aromatic nitrogens is 2. The van der Waals surface area contributed by atoms with Crippen LogP contribution in [0, 0.1) is 10.1 Å². The van der Waals surface area contributed by atoms with E-state index in [1.165, 1.54) is 12.1 Å². The van der Waals surface area contributed by atoms with Crippen LogP contribution in [0.4, 0.5) is 5.69 Å². The Hall–Kier alpha value is -2.93. The predicted octanol–water partition coefficient (Wildman–Crippen LogP) is 3.28. The molecule has 0 saturated carbocycles. The second-order valence-corrected chi connectivity index (χ2v) is 6.39. The first-order chi connectivity index (χ1) is 12.5. The van der Waals surface area contributed by atoms with Crippen molar-refractivity contribution in [1.82, 2.24) is 9.55 Å². The molecule has 0 spiro atoms. The molecule has 1 heterocycles. The fourth-order valence-electron chi connectivity index (χ4n) is 2.94. The van der Waals surface area contributed by atoms with E-state index < -0.39 is 4.92 Å². The Morgan fingerprint density at radius 3 is 2.58 bits per heavy atom. The normalized spacial score (nSPS) is 11.2. The molecule has 0 bridgehead atoms. The second-order valence-electron chi connectivity index (χ2n) is 6.39. The lowest BCUT2D eigenvalue weighted by molar-refractivity contribution is -0.384. The molecule has 0 fully saturated rings. The Morgan fingerprint density at radius 2 is 1.96 bits per heavy atom. The number of fused-ring (bicyclic) bond motifs is 1. The van der Waals surface area contributed by atoms with Gasteiger partial charge in [0.25, 0.3) is 5.69 Å². The molecule has 136 valence electrons. The van der Waals surface area contributed by atoms with E-state index in [1.807, 2.05) is 42.7 Å². The molecule has 7 nitrogen and oxygen atoms in total. The van der Waals surface area contributed by atoms with Crippen molar-refractivity contribution >= 4 is 16.7 Å². The maximum absolute atomic E-state index is 11.0. The number of imidazole rings is 1. The Balaban J connectivity index is 1.93. The summed E-state index contributed by atoms with van der Waals surface area (Å²) < 4.78 is 7.69. The molecule has 0 unspecified atom stereocenters. The first kappa shape index (κ1) is 17.9. The number of ether oxygens (including phenoxy) is 1. The van der Waals surface area contributed by atoms with Gasteiger partial charge in [-0.25, -0.2) is 4.98 Å². The monoisotopic (exact) mass is 354 g/mol. The number of benzene rings is 2. The molecule has 3 aromatic rings. The fraction of sp³-hybridized carbons (Fsp3) is 0.316. The summed E-state index contributed by atoms with van der Waals surface area (Å²) in [4.78, 5) is 15.2. The maximum Gasteiger partial charge on any atom is 0.271 e. The topological polar surface area (TPSA) is 96.2 Å². The van der Waals surface area contributed by atoms with Gasteiger partial charge in [0.05, 0.1) is 22.1 Å². The lowest BCUT2D eigenvalue weighted by Crippen LogP contribution is -2.13. The van der Waals surface area contributed by atoms with E-state index in [0.717, 1.165) is 22.7 Å². The zero-order valence-electron chi connectivity index (χ0n) is 14.9.